The van der Waals surface area contributed by atoms with Gasteiger partial charge in [0, 0.05) is 0 Å². The fraction of sp³-hybridized carbons (Fsp3) is 0.278. The van der Waals surface area contributed by atoms with Gasteiger partial charge in [-0.25, -0.2) is 0 Å². The minimum Gasteiger partial charge on any atom is -0.484 e. The largest absolute Gasteiger partial charge is 0.484 e. The number of carbonyl (C=O) groups is 1. The molecule has 0 radical (unpaired) electrons. The molecule has 25 heavy (non-hydrogen) atoms. The fourth-order valence-electron chi connectivity index (χ4n) is 2.40. The van der Waals surface area contributed by atoms with E-state index in [1.165, 1.54) is 5.56 Å². The first-order chi connectivity index (χ1) is 12.1. The van der Waals surface area contributed by atoms with Crippen molar-refractivity contribution >= 4 is 46.0 Å². The maximum atomic E-state index is 12.2. The number of halogens is 1. The van der Waals surface area contributed by atoms with Gasteiger partial charge in [-0.2, -0.15) is 8.75 Å². The lowest BCUT2D eigenvalue weighted by Crippen LogP contribution is -2.20. The second-order valence-electron chi connectivity index (χ2n) is 5.77. The maximum absolute atomic E-state index is 12.2. The summed E-state index contributed by atoms with van der Waals surface area (Å²) in [6.07, 6.45) is 1.08. The number of benzene rings is 2. The van der Waals surface area contributed by atoms with Gasteiger partial charge in [0.2, 0.25) is 0 Å². The van der Waals surface area contributed by atoms with Crippen LogP contribution in [0.2, 0.25) is 5.02 Å². The van der Waals surface area contributed by atoms with Crippen LogP contribution >= 0.6 is 23.3 Å². The van der Waals surface area contributed by atoms with E-state index in [9.17, 15) is 4.79 Å². The molecule has 0 fully saturated rings. The van der Waals surface area contributed by atoms with E-state index in [4.69, 9.17) is 16.3 Å². The topological polar surface area (TPSA) is 64.1 Å². The van der Waals surface area contributed by atoms with Crippen molar-refractivity contribution in [2.24, 2.45) is 0 Å². The molecule has 0 saturated heterocycles. The highest BCUT2D eigenvalue weighted by molar-refractivity contribution is 7.00. The van der Waals surface area contributed by atoms with Crippen LogP contribution in [0.25, 0.3) is 11.0 Å². The van der Waals surface area contributed by atoms with Gasteiger partial charge in [0.25, 0.3) is 5.91 Å². The molecule has 0 aliphatic heterocycles. The van der Waals surface area contributed by atoms with E-state index in [0.717, 1.165) is 18.1 Å². The van der Waals surface area contributed by atoms with Crippen molar-refractivity contribution < 1.29 is 9.53 Å². The Hall–Kier alpha value is -2.18. The summed E-state index contributed by atoms with van der Waals surface area (Å²) in [6.45, 7) is 4.23. The van der Waals surface area contributed by atoms with Crippen LogP contribution in [0, 0.1) is 0 Å². The summed E-state index contributed by atoms with van der Waals surface area (Å²) < 4.78 is 13.9. The molecule has 0 spiro atoms. The summed E-state index contributed by atoms with van der Waals surface area (Å²) in [7, 11) is 0. The summed E-state index contributed by atoms with van der Waals surface area (Å²) in [5, 5.41) is 3.18. The molecule has 5 nitrogen and oxygen atoms in total. The molecule has 1 atom stereocenters. The molecule has 1 N–H and O–H groups in total. The van der Waals surface area contributed by atoms with E-state index in [1.54, 1.807) is 12.1 Å². The Bertz CT molecular complexity index is 880. The highest BCUT2D eigenvalue weighted by Crippen LogP contribution is 2.30. The predicted octanol–water partition coefficient (Wildman–Crippen LogP) is 4.88. The molecule has 2 aromatic carbocycles. The van der Waals surface area contributed by atoms with Crippen molar-refractivity contribution in [3.63, 3.8) is 0 Å². The minimum atomic E-state index is -0.298. The number of carbonyl (C=O) groups excluding carboxylic acids is 1. The molecular weight excluding hydrogens is 358 g/mol. The molecule has 0 aliphatic carbocycles. The summed E-state index contributed by atoms with van der Waals surface area (Å²) in [4.78, 5) is 12.2. The number of amides is 1. The van der Waals surface area contributed by atoms with Crippen LogP contribution in [0.5, 0.6) is 5.75 Å². The zero-order valence-corrected chi connectivity index (χ0v) is 15.5. The smallest absolute Gasteiger partial charge is 0.262 e. The van der Waals surface area contributed by atoms with Crippen LogP contribution < -0.4 is 10.1 Å². The van der Waals surface area contributed by atoms with Crippen molar-refractivity contribution in [3.05, 3.63) is 47.0 Å². The minimum absolute atomic E-state index is 0.104. The summed E-state index contributed by atoms with van der Waals surface area (Å²) >= 11 is 7.24. The second-order valence-corrected chi connectivity index (χ2v) is 6.71. The van der Waals surface area contributed by atoms with Crippen molar-refractivity contribution in [3.8, 4) is 5.75 Å². The second kappa shape index (κ2) is 7.80. The molecular formula is C18H18ClN3O2S. The molecule has 7 heteroatoms. The summed E-state index contributed by atoms with van der Waals surface area (Å²) in [6, 6.07) is 11.3. The Morgan fingerprint density at radius 2 is 2.00 bits per heavy atom. The molecule has 0 aliphatic rings. The predicted molar refractivity (Wildman–Crippen MR) is 102 cm³/mol. The zero-order chi connectivity index (χ0) is 17.8. The zero-order valence-electron chi connectivity index (χ0n) is 14.0. The van der Waals surface area contributed by atoms with Gasteiger partial charge in [0.05, 0.1) is 22.4 Å². The molecule has 0 bridgehead atoms. The highest BCUT2D eigenvalue weighted by atomic mass is 35.5. The molecule has 1 amide bonds. The van der Waals surface area contributed by atoms with E-state index >= 15 is 0 Å². The van der Waals surface area contributed by atoms with Crippen molar-refractivity contribution in [1.29, 1.82) is 0 Å². The monoisotopic (exact) mass is 375 g/mol. The van der Waals surface area contributed by atoms with Crippen LogP contribution in [-0.2, 0) is 4.79 Å². The highest BCUT2D eigenvalue weighted by Gasteiger charge is 2.13. The van der Waals surface area contributed by atoms with Gasteiger partial charge in [0.15, 0.2) is 6.61 Å². The summed E-state index contributed by atoms with van der Waals surface area (Å²) in [5.41, 5.74) is 3.01. The van der Waals surface area contributed by atoms with Crippen molar-refractivity contribution in [2.45, 2.75) is 26.2 Å². The Morgan fingerprint density at radius 3 is 2.72 bits per heavy atom. The Balaban J connectivity index is 1.63. The number of fused-ring (bicyclic) bond motifs is 1. The van der Waals surface area contributed by atoms with Gasteiger partial charge < -0.3 is 10.1 Å². The number of hydrogen-bond acceptors (Lipinski definition) is 5. The van der Waals surface area contributed by atoms with Crippen LogP contribution in [0.3, 0.4) is 0 Å². The van der Waals surface area contributed by atoms with Crippen molar-refractivity contribution in [2.75, 3.05) is 11.9 Å². The van der Waals surface area contributed by atoms with Crippen LogP contribution in [0.1, 0.15) is 31.7 Å². The number of hydrogen-bond donors (Lipinski definition) is 1. The SMILES string of the molecule is CCC(C)c1ccc(OCC(=O)Nc2c(Cl)ccc3nsnc23)cc1. The Kier molecular flexibility index (Phi) is 5.50. The molecule has 0 saturated carbocycles. The molecule has 3 rings (SSSR count). The number of rotatable bonds is 6. The third kappa shape index (κ3) is 4.08. The third-order valence-corrected chi connectivity index (χ3v) is 4.93. The van der Waals surface area contributed by atoms with Gasteiger partial charge in [-0.1, -0.05) is 37.6 Å². The fourth-order valence-corrected chi connectivity index (χ4v) is 3.14. The number of aromatic nitrogens is 2. The molecule has 1 aromatic heterocycles. The average Bonchev–Trinajstić information content (AvgIpc) is 3.11. The van der Waals surface area contributed by atoms with Crippen molar-refractivity contribution in [1.82, 2.24) is 8.75 Å². The van der Waals surface area contributed by atoms with E-state index in [1.807, 2.05) is 24.3 Å². The first-order valence-electron chi connectivity index (χ1n) is 8.02. The average molecular weight is 376 g/mol. The van der Waals surface area contributed by atoms with Gasteiger partial charge in [0.1, 0.15) is 16.8 Å². The Labute approximate surface area is 155 Å². The van der Waals surface area contributed by atoms with Crippen LogP contribution in [0.15, 0.2) is 36.4 Å². The summed E-state index contributed by atoms with van der Waals surface area (Å²) in [5.74, 6) is 0.863. The Morgan fingerprint density at radius 1 is 1.24 bits per heavy atom. The lowest BCUT2D eigenvalue weighted by Gasteiger charge is -2.11. The lowest BCUT2D eigenvalue weighted by atomic mass is 9.99. The number of anilines is 1. The molecule has 1 heterocycles. The van der Waals surface area contributed by atoms with E-state index in [2.05, 4.69) is 27.9 Å². The van der Waals surface area contributed by atoms with Gasteiger partial charge in [-0.15, -0.1) is 0 Å². The molecule has 130 valence electrons. The number of ether oxygens (including phenoxy) is 1. The third-order valence-electron chi connectivity index (χ3n) is 4.07. The van der Waals surface area contributed by atoms with Gasteiger partial charge >= 0.3 is 0 Å². The van der Waals surface area contributed by atoms with Gasteiger partial charge in [-0.05, 0) is 42.2 Å². The first kappa shape index (κ1) is 17.6. The van der Waals surface area contributed by atoms with E-state index in [0.29, 0.717) is 33.4 Å². The number of nitrogens with zero attached hydrogens (tertiary/aromatic N) is 2. The van der Waals surface area contributed by atoms with Crippen LogP contribution in [-0.4, -0.2) is 21.3 Å². The molecule has 1 unspecified atom stereocenters. The lowest BCUT2D eigenvalue weighted by molar-refractivity contribution is -0.118. The van der Waals surface area contributed by atoms with Crippen LogP contribution in [0.4, 0.5) is 5.69 Å². The normalized spacial score (nSPS) is 12.1. The standard InChI is InChI=1S/C18H18ClN3O2S/c1-3-11(2)12-4-6-13(7-5-12)24-10-16(23)20-17-14(19)8-9-15-18(17)22-25-21-15/h4-9,11H,3,10H2,1-2H3,(H,20,23). The van der Waals surface area contributed by atoms with E-state index < -0.39 is 0 Å². The van der Waals surface area contributed by atoms with E-state index in [-0.39, 0.29) is 12.5 Å². The number of nitrogens with one attached hydrogen (secondary N) is 1. The van der Waals surface area contributed by atoms with Gasteiger partial charge in [-0.3, -0.25) is 4.79 Å². The molecule has 3 aromatic rings. The first-order valence-corrected chi connectivity index (χ1v) is 9.12. The quantitative estimate of drug-likeness (QED) is 0.667. The maximum Gasteiger partial charge on any atom is 0.262 e.